The molecule has 0 aliphatic carbocycles. The fourth-order valence-electron chi connectivity index (χ4n) is 4.31. The molecule has 1 fully saturated rings. The third-order valence-electron chi connectivity index (χ3n) is 5.96. The number of hydrogen-bond donors (Lipinski definition) is 2. The van der Waals surface area contributed by atoms with Crippen molar-refractivity contribution in [2.75, 3.05) is 13.6 Å². The minimum Gasteiger partial charge on any atom is -0.357 e. The molecule has 2 aromatic rings. The van der Waals surface area contributed by atoms with Gasteiger partial charge < -0.3 is 15.5 Å². The third-order valence-corrected chi connectivity index (χ3v) is 5.96. The second-order valence-electron chi connectivity index (χ2n) is 9.36. The van der Waals surface area contributed by atoms with Crippen molar-refractivity contribution in [3.8, 4) is 0 Å². The maximum atomic E-state index is 13.6. The number of carbonyl (C=O) groups is 3. The quantitative estimate of drug-likeness (QED) is 0.732. The molecule has 170 valence electrons. The Labute approximate surface area is 190 Å². The Balaban J connectivity index is 1.89. The summed E-state index contributed by atoms with van der Waals surface area (Å²) in [6.45, 7) is 6.10. The topological polar surface area (TPSA) is 78.5 Å². The molecule has 0 radical (unpaired) electrons. The van der Waals surface area contributed by atoms with Gasteiger partial charge in [0.2, 0.25) is 17.7 Å². The number of nitrogens with one attached hydrogen (secondary N) is 2. The van der Waals surface area contributed by atoms with Gasteiger partial charge in [-0.05, 0) is 17.5 Å². The molecule has 1 aliphatic rings. The molecule has 0 saturated carbocycles. The number of carbonyl (C=O) groups excluding carboxylic acids is 3. The Morgan fingerprint density at radius 1 is 1.00 bits per heavy atom. The van der Waals surface area contributed by atoms with Gasteiger partial charge in [-0.2, -0.15) is 0 Å². The van der Waals surface area contributed by atoms with Gasteiger partial charge in [0, 0.05) is 31.3 Å². The van der Waals surface area contributed by atoms with Crippen molar-refractivity contribution in [3.05, 3.63) is 71.8 Å². The van der Waals surface area contributed by atoms with Crippen LogP contribution in [-0.4, -0.2) is 48.3 Å². The Bertz CT molecular complexity index is 938. The second-order valence-corrected chi connectivity index (χ2v) is 9.36. The molecule has 0 spiro atoms. The summed E-state index contributed by atoms with van der Waals surface area (Å²) >= 11 is 0. The Morgan fingerprint density at radius 2 is 1.59 bits per heavy atom. The number of hydrogen-bond acceptors (Lipinski definition) is 3. The molecule has 32 heavy (non-hydrogen) atoms. The van der Waals surface area contributed by atoms with Crippen LogP contribution >= 0.6 is 0 Å². The van der Waals surface area contributed by atoms with Gasteiger partial charge >= 0.3 is 0 Å². The molecule has 2 aromatic carbocycles. The Morgan fingerprint density at radius 3 is 2.16 bits per heavy atom. The van der Waals surface area contributed by atoms with E-state index in [0.29, 0.717) is 19.4 Å². The first kappa shape index (κ1) is 23.5. The van der Waals surface area contributed by atoms with Gasteiger partial charge in [-0.1, -0.05) is 81.4 Å². The largest absolute Gasteiger partial charge is 0.357 e. The lowest BCUT2D eigenvalue weighted by Gasteiger charge is -2.33. The lowest BCUT2D eigenvalue weighted by molar-refractivity contribution is -0.145. The predicted molar refractivity (Wildman–Crippen MR) is 125 cm³/mol. The third kappa shape index (κ3) is 5.36. The van der Waals surface area contributed by atoms with Crippen LogP contribution in [0.3, 0.4) is 0 Å². The van der Waals surface area contributed by atoms with Crippen LogP contribution in [-0.2, 0) is 20.8 Å². The first-order chi connectivity index (χ1) is 15.2. The molecule has 3 atom stereocenters. The van der Waals surface area contributed by atoms with E-state index in [9.17, 15) is 14.4 Å². The number of amides is 3. The first-order valence-corrected chi connectivity index (χ1v) is 11.1. The van der Waals surface area contributed by atoms with Crippen molar-refractivity contribution in [2.24, 2.45) is 5.41 Å². The van der Waals surface area contributed by atoms with Crippen LogP contribution in [0, 0.1) is 5.41 Å². The molecule has 1 heterocycles. The minimum atomic E-state index is -0.724. The molecule has 3 amide bonds. The van der Waals surface area contributed by atoms with E-state index >= 15 is 0 Å². The summed E-state index contributed by atoms with van der Waals surface area (Å²) in [5.74, 6) is -0.733. The summed E-state index contributed by atoms with van der Waals surface area (Å²) in [7, 11) is 1.56. The molecular formula is C26H33N3O3. The van der Waals surface area contributed by atoms with Gasteiger partial charge in [-0.25, -0.2) is 0 Å². The highest BCUT2D eigenvalue weighted by Crippen LogP contribution is 2.36. The van der Waals surface area contributed by atoms with E-state index in [0.717, 1.165) is 11.1 Å². The fourth-order valence-corrected chi connectivity index (χ4v) is 4.31. The SMILES string of the molecule is CNC(=O)[C@@H](Cc1ccccc1)NC(=O)[C@@H]1[C@@H](c2ccccc2)CCN1C(=O)C(C)(C)C. The molecule has 6 heteroatoms. The van der Waals surface area contributed by atoms with Crippen LogP contribution in [0.1, 0.15) is 44.2 Å². The van der Waals surface area contributed by atoms with Crippen LogP contribution in [0.15, 0.2) is 60.7 Å². The zero-order valence-corrected chi connectivity index (χ0v) is 19.3. The predicted octanol–water partition coefficient (Wildman–Crippen LogP) is 2.89. The van der Waals surface area contributed by atoms with Crippen molar-refractivity contribution < 1.29 is 14.4 Å². The standard InChI is InChI=1S/C26H33N3O3/c1-26(2,3)25(32)29-16-15-20(19-13-9-6-10-14-19)22(29)24(31)28-21(23(30)27-4)17-18-11-7-5-8-12-18/h5-14,20-22H,15-17H2,1-4H3,(H,27,30)(H,28,31)/t20-,21-,22+/m1/s1. The smallest absolute Gasteiger partial charge is 0.244 e. The van der Waals surface area contributed by atoms with Gasteiger partial charge in [0.15, 0.2) is 0 Å². The zero-order valence-electron chi connectivity index (χ0n) is 19.3. The van der Waals surface area contributed by atoms with E-state index < -0.39 is 17.5 Å². The molecule has 3 rings (SSSR count). The van der Waals surface area contributed by atoms with E-state index in [1.165, 1.54) is 0 Å². The highest BCUT2D eigenvalue weighted by atomic mass is 16.2. The summed E-state index contributed by atoms with van der Waals surface area (Å²) < 4.78 is 0. The van der Waals surface area contributed by atoms with Crippen LogP contribution in [0.4, 0.5) is 0 Å². The molecule has 0 unspecified atom stereocenters. The number of likely N-dealkylation sites (N-methyl/N-ethyl adjacent to an activating group) is 1. The number of benzene rings is 2. The monoisotopic (exact) mass is 435 g/mol. The molecule has 1 aliphatic heterocycles. The lowest BCUT2D eigenvalue weighted by Crippen LogP contribution is -2.55. The average molecular weight is 436 g/mol. The first-order valence-electron chi connectivity index (χ1n) is 11.1. The van der Waals surface area contributed by atoms with E-state index in [2.05, 4.69) is 10.6 Å². The lowest BCUT2D eigenvalue weighted by atomic mass is 9.89. The molecule has 0 aromatic heterocycles. The second kappa shape index (κ2) is 9.98. The highest BCUT2D eigenvalue weighted by molar-refractivity contribution is 5.94. The molecule has 2 N–H and O–H groups in total. The van der Waals surface area contributed by atoms with Crippen molar-refractivity contribution in [1.82, 2.24) is 15.5 Å². The Hall–Kier alpha value is -3.15. The number of likely N-dealkylation sites (tertiary alicyclic amines) is 1. The molecule has 0 bridgehead atoms. The van der Waals surface area contributed by atoms with E-state index in [1.54, 1.807) is 11.9 Å². The fraction of sp³-hybridized carbons (Fsp3) is 0.423. The van der Waals surface area contributed by atoms with Crippen molar-refractivity contribution in [1.29, 1.82) is 0 Å². The van der Waals surface area contributed by atoms with Crippen LogP contribution in [0.2, 0.25) is 0 Å². The summed E-state index contributed by atoms with van der Waals surface area (Å²) in [5, 5.41) is 5.60. The van der Waals surface area contributed by atoms with Gasteiger partial charge in [0.05, 0.1) is 0 Å². The van der Waals surface area contributed by atoms with Crippen LogP contribution in [0.25, 0.3) is 0 Å². The van der Waals surface area contributed by atoms with Crippen LogP contribution < -0.4 is 10.6 Å². The van der Waals surface area contributed by atoms with E-state index in [-0.39, 0.29) is 23.6 Å². The summed E-state index contributed by atoms with van der Waals surface area (Å²) in [4.78, 5) is 41.1. The summed E-state index contributed by atoms with van der Waals surface area (Å²) in [5.41, 5.74) is 1.38. The molecule has 1 saturated heterocycles. The van der Waals surface area contributed by atoms with Gasteiger partial charge in [0.25, 0.3) is 0 Å². The van der Waals surface area contributed by atoms with Crippen molar-refractivity contribution >= 4 is 17.7 Å². The van der Waals surface area contributed by atoms with Crippen molar-refractivity contribution in [3.63, 3.8) is 0 Å². The highest BCUT2D eigenvalue weighted by Gasteiger charge is 2.45. The number of rotatable bonds is 6. The zero-order chi connectivity index (χ0) is 23.3. The maximum Gasteiger partial charge on any atom is 0.244 e. The average Bonchev–Trinajstić information content (AvgIpc) is 3.23. The minimum absolute atomic E-state index is 0.0596. The van der Waals surface area contributed by atoms with Gasteiger partial charge in [0.1, 0.15) is 12.1 Å². The van der Waals surface area contributed by atoms with E-state index in [4.69, 9.17) is 0 Å². The normalized spacial score (nSPS) is 19.3. The van der Waals surface area contributed by atoms with Gasteiger partial charge in [-0.3, -0.25) is 14.4 Å². The number of nitrogens with zero attached hydrogens (tertiary/aromatic N) is 1. The molecule has 6 nitrogen and oxygen atoms in total. The summed E-state index contributed by atoms with van der Waals surface area (Å²) in [6.07, 6.45) is 1.08. The Kier molecular flexibility index (Phi) is 7.33. The maximum absolute atomic E-state index is 13.6. The van der Waals surface area contributed by atoms with Crippen LogP contribution in [0.5, 0.6) is 0 Å². The van der Waals surface area contributed by atoms with Crippen molar-refractivity contribution in [2.45, 2.75) is 51.6 Å². The van der Waals surface area contributed by atoms with Gasteiger partial charge in [-0.15, -0.1) is 0 Å². The summed E-state index contributed by atoms with van der Waals surface area (Å²) in [6, 6.07) is 18.0. The molecular weight excluding hydrogens is 402 g/mol. The van der Waals surface area contributed by atoms with E-state index in [1.807, 2.05) is 81.4 Å².